The number of amides is 1. The molecule has 0 spiro atoms. The van der Waals surface area contributed by atoms with Gasteiger partial charge in [-0.05, 0) is 46.0 Å². The number of piperidine rings is 1. The minimum absolute atomic E-state index is 0.0889. The number of carbonyl (C=O) groups is 1. The Kier molecular flexibility index (Phi) is 7.04. The molecular weight excluding hydrogens is 248 g/mol. The average molecular weight is 274 g/mol. The highest BCUT2D eigenvalue weighted by molar-refractivity contribution is 7.99. The topological polar surface area (TPSA) is 50.4 Å². The first-order valence-corrected chi connectivity index (χ1v) is 7.90. The van der Waals surface area contributed by atoms with E-state index in [9.17, 15) is 4.79 Å². The standard InChI is InChI=1S/C13H26N2O2S/c1-13(2,18-3)10-15-12(16)6-9-17-11-4-7-14-8-5-11/h11,14H,4-10H2,1-3H3,(H,15,16). The van der Waals surface area contributed by atoms with Gasteiger partial charge in [0.15, 0.2) is 0 Å². The highest BCUT2D eigenvalue weighted by atomic mass is 32.2. The fraction of sp³-hybridized carbons (Fsp3) is 0.923. The molecule has 0 aromatic heterocycles. The van der Waals surface area contributed by atoms with Crippen LogP contribution in [-0.2, 0) is 9.53 Å². The lowest BCUT2D eigenvalue weighted by atomic mass is 10.1. The van der Waals surface area contributed by atoms with Crippen LogP contribution in [0.2, 0.25) is 0 Å². The van der Waals surface area contributed by atoms with E-state index in [1.807, 2.05) is 0 Å². The molecule has 18 heavy (non-hydrogen) atoms. The molecule has 0 atom stereocenters. The van der Waals surface area contributed by atoms with Crippen molar-refractivity contribution in [3.8, 4) is 0 Å². The van der Waals surface area contributed by atoms with Gasteiger partial charge in [-0.25, -0.2) is 0 Å². The number of carbonyl (C=O) groups excluding carboxylic acids is 1. The van der Waals surface area contributed by atoms with Crippen LogP contribution in [-0.4, -0.2) is 49.3 Å². The summed E-state index contributed by atoms with van der Waals surface area (Å²) < 4.78 is 5.81. The summed E-state index contributed by atoms with van der Waals surface area (Å²) in [6.07, 6.45) is 4.98. The molecule has 106 valence electrons. The molecule has 0 aromatic rings. The van der Waals surface area contributed by atoms with Gasteiger partial charge in [0.1, 0.15) is 0 Å². The minimum atomic E-state index is 0.0889. The lowest BCUT2D eigenvalue weighted by Gasteiger charge is -2.24. The van der Waals surface area contributed by atoms with Crippen LogP contribution in [0.1, 0.15) is 33.1 Å². The van der Waals surface area contributed by atoms with Gasteiger partial charge >= 0.3 is 0 Å². The molecule has 1 heterocycles. The maximum Gasteiger partial charge on any atom is 0.222 e. The summed E-state index contributed by atoms with van der Waals surface area (Å²) >= 11 is 1.76. The normalized spacial score (nSPS) is 17.7. The second kappa shape index (κ2) is 8.02. The first-order chi connectivity index (χ1) is 8.53. The van der Waals surface area contributed by atoms with E-state index in [4.69, 9.17) is 4.74 Å². The Bertz CT molecular complexity index is 253. The first-order valence-electron chi connectivity index (χ1n) is 6.68. The van der Waals surface area contributed by atoms with Crippen LogP contribution in [0.15, 0.2) is 0 Å². The Balaban J connectivity index is 2.06. The van der Waals surface area contributed by atoms with Crippen molar-refractivity contribution >= 4 is 17.7 Å². The SMILES string of the molecule is CSC(C)(C)CNC(=O)CCOC1CCNCC1. The number of nitrogens with one attached hydrogen (secondary N) is 2. The van der Waals surface area contributed by atoms with E-state index in [-0.39, 0.29) is 10.7 Å². The van der Waals surface area contributed by atoms with Crippen molar-refractivity contribution in [3.05, 3.63) is 0 Å². The molecule has 0 radical (unpaired) electrons. The largest absolute Gasteiger partial charge is 0.378 e. The van der Waals surface area contributed by atoms with E-state index in [1.165, 1.54) is 0 Å². The summed E-state index contributed by atoms with van der Waals surface area (Å²) in [5.41, 5.74) is 0. The zero-order valence-electron chi connectivity index (χ0n) is 11.8. The summed E-state index contributed by atoms with van der Waals surface area (Å²) in [5, 5.41) is 6.26. The van der Waals surface area contributed by atoms with E-state index in [0.717, 1.165) is 25.9 Å². The molecule has 0 aliphatic carbocycles. The average Bonchev–Trinajstić information content (AvgIpc) is 2.38. The van der Waals surface area contributed by atoms with Gasteiger partial charge in [0.2, 0.25) is 5.91 Å². The molecule has 1 rings (SSSR count). The monoisotopic (exact) mass is 274 g/mol. The number of ether oxygens (including phenoxy) is 1. The lowest BCUT2D eigenvalue weighted by molar-refractivity contribution is -0.122. The Morgan fingerprint density at radius 1 is 1.44 bits per heavy atom. The minimum Gasteiger partial charge on any atom is -0.378 e. The molecule has 1 aliphatic heterocycles. The van der Waals surface area contributed by atoms with Crippen molar-refractivity contribution in [1.82, 2.24) is 10.6 Å². The second-order valence-corrected chi connectivity index (χ2v) is 6.82. The molecule has 1 amide bonds. The van der Waals surface area contributed by atoms with Gasteiger partial charge in [0, 0.05) is 17.7 Å². The van der Waals surface area contributed by atoms with Crippen LogP contribution in [0.4, 0.5) is 0 Å². The maximum absolute atomic E-state index is 11.6. The molecule has 1 fully saturated rings. The molecule has 1 aliphatic rings. The first kappa shape index (κ1) is 15.8. The third kappa shape index (κ3) is 6.61. The second-order valence-electron chi connectivity index (χ2n) is 5.31. The van der Waals surface area contributed by atoms with E-state index < -0.39 is 0 Å². The molecular formula is C13H26N2O2S. The number of hydrogen-bond donors (Lipinski definition) is 2. The smallest absolute Gasteiger partial charge is 0.222 e. The maximum atomic E-state index is 11.6. The van der Waals surface area contributed by atoms with Crippen LogP contribution in [0.25, 0.3) is 0 Å². The third-order valence-electron chi connectivity index (χ3n) is 3.23. The Morgan fingerprint density at radius 2 is 2.11 bits per heavy atom. The van der Waals surface area contributed by atoms with Gasteiger partial charge < -0.3 is 15.4 Å². The van der Waals surface area contributed by atoms with Gasteiger partial charge in [-0.1, -0.05) is 0 Å². The van der Waals surface area contributed by atoms with Gasteiger partial charge in [-0.3, -0.25) is 4.79 Å². The molecule has 0 unspecified atom stereocenters. The Hall–Kier alpha value is -0.260. The van der Waals surface area contributed by atoms with Crippen LogP contribution < -0.4 is 10.6 Å². The Morgan fingerprint density at radius 3 is 2.72 bits per heavy atom. The van der Waals surface area contributed by atoms with Crippen molar-refractivity contribution in [2.75, 3.05) is 32.5 Å². The van der Waals surface area contributed by atoms with Crippen molar-refractivity contribution in [3.63, 3.8) is 0 Å². The van der Waals surface area contributed by atoms with Crippen LogP contribution in [0.5, 0.6) is 0 Å². The lowest BCUT2D eigenvalue weighted by Crippen LogP contribution is -2.37. The number of thioether (sulfide) groups is 1. The number of rotatable bonds is 7. The van der Waals surface area contributed by atoms with Gasteiger partial charge in [-0.2, -0.15) is 11.8 Å². The van der Waals surface area contributed by atoms with Crippen LogP contribution in [0.3, 0.4) is 0 Å². The molecule has 0 bridgehead atoms. The van der Waals surface area contributed by atoms with Crippen molar-refractivity contribution in [1.29, 1.82) is 0 Å². The summed E-state index contributed by atoms with van der Waals surface area (Å²) in [6.45, 7) is 7.56. The quantitative estimate of drug-likeness (QED) is 0.737. The molecule has 4 nitrogen and oxygen atoms in total. The van der Waals surface area contributed by atoms with Crippen molar-refractivity contribution in [2.24, 2.45) is 0 Å². The predicted molar refractivity (Wildman–Crippen MR) is 77.1 cm³/mol. The highest BCUT2D eigenvalue weighted by Crippen LogP contribution is 2.19. The fourth-order valence-electron chi connectivity index (χ4n) is 1.75. The van der Waals surface area contributed by atoms with Crippen molar-refractivity contribution in [2.45, 2.75) is 44.0 Å². The molecule has 1 saturated heterocycles. The van der Waals surface area contributed by atoms with E-state index in [1.54, 1.807) is 11.8 Å². The van der Waals surface area contributed by atoms with Gasteiger partial charge in [-0.15, -0.1) is 0 Å². The summed E-state index contributed by atoms with van der Waals surface area (Å²) in [5.74, 6) is 0.0889. The molecule has 0 saturated carbocycles. The van der Waals surface area contributed by atoms with E-state index in [0.29, 0.717) is 25.7 Å². The highest BCUT2D eigenvalue weighted by Gasteiger charge is 2.17. The summed E-state index contributed by atoms with van der Waals surface area (Å²) in [7, 11) is 0. The molecule has 2 N–H and O–H groups in total. The van der Waals surface area contributed by atoms with Crippen LogP contribution >= 0.6 is 11.8 Å². The van der Waals surface area contributed by atoms with E-state index in [2.05, 4.69) is 30.7 Å². The third-order valence-corrected chi connectivity index (χ3v) is 4.48. The summed E-state index contributed by atoms with van der Waals surface area (Å²) in [4.78, 5) is 11.6. The summed E-state index contributed by atoms with van der Waals surface area (Å²) in [6, 6.07) is 0. The zero-order valence-corrected chi connectivity index (χ0v) is 12.6. The zero-order chi connectivity index (χ0) is 13.4. The van der Waals surface area contributed by atoms with Crippen molar-refractivity contribution < 1.29 is 9.53 Å². The molecule has 5 heteroatoms. The number of hydrogen-bond acceptors (Lipinski definition) is 4. The van der Waals surface area contributed by atoms with E-state index >= 15 is 0 Å². The Labute approximate surface area is 115 Å². The molecule has 0 aromatic carbocycles. The predicted octanol–water partition coefficient (Wildman–Crippen LogP) is 1.40. The van der Waals surface area contributed by atoms with Gasteiger partial charge in [0.25, 0.3) is 0 Å². The van der Waals surface area contributed by atoms with Gasteiger partial charge in [0.05, 0.1) is 12.7 Å². The fourth-order valence-corrected chi connectivity index (χ4v) is 1.97. The van der Waals surface area contributed by atoms with Crippen LogP contribution in [0, 0.1) is 0 Å².